The molecule has 1 aliphatic rings. The summed E-state index contributed by atoms with van der Waals surface area (Å²) in [7, 11) is 0. The zero-order valence-electron chi connectivity index (χ0n) is 7.60. The van der Waals surface area contributed by atoms with E-state index in [0.29, 0.717) is 0 Å². The molecule has 1 aromatic rings. The van der Waals surface area contributed by atoms with Crippen LogP contribution in [0, 0.1) is 0 Å². The van der Waals surface area contributed by atoms with E-state index in [4.69, 9.17) is 11.5 Å². The average molecular weight is 192 g/mol. The van der Waals surface area contributed by atoms with Gasteiger partial charge in [0.05, 0.1) is 6.04 Å². The minimum Gasteiger partial charge on any atom is -0.378 e. The van der Waals surface area contributed by atoms with Crippen LogP contribution in [0.15, 0.2) is 24.3 Å². The number of amides is 1. The third-order valence-corrected chi connectivity index (χ3v) is 2.79. The van der Waals surface area contributed by atoms with Gasteiger partial charge in [-0.3, -0.25) is 4.79 Å². The summed E-state index contributed by atoms with van der Waals surface area (Å²) in [5.41, 5.74) is 11.0. The van der Waals surface area contributed by atoms with E-state index in [2.05, 4.69) is 0 Å². The molecule has 1 unspecified atom stereocenters. The highest BCUT2D eigenvalue weighted by Gasteiger charge is 2.47. The number of rotatable bonds is 1. The molecule has 1 amide bonds. The molecule has 0 saturated carbocycles. The summed E-state index contributed by atoms with van der Waals surface area (Å²) in [6.45, 7) is 0. The van der Waals surface area contributed by atoms with E-state index in [1.54, 1.807) is 6.07 Å². The topological polar surface area (TPSA) is 89.3 Å². The highest BCUT2D eigenvalue weighted by Crippen LogP contribution is 2.37. The standard InChI is InChI=1S/C10H12N2O2/c11-8-7-4-2-1-3-6(7)5-10(8,14)9(12)13/h1-4,8,14H,5,11H2,(H2,12,13)/t8?,10-/m1/s1. The van der Waals surface area contributed by atoms with E-state index in [9.17, 15) is 9.90 Å². The van der Waals surface area contributed by atoms with Gasteiger partial charge in [0.2, 0.25) is 0 Å². The Morgan fingerprint density at radius 3 is 2.71 bits per heavy atom. The number of benzene rings is 1. The monoisotopic (exact) mass is 192 g/mol. The quantitative estimate of drug-likeness (QED) is 0.558. The van der Waals surface area contributed by atoms with Gasteiger partial charge in [-0.15, -0.1) is 0 Å². The summed E-state index contributed by atoms with van der Waals surface area (Å²) >= 11 is 0. The Labute approximate surface area is 81.5 Å². The van der Waals surface area contributed by atoms with Crippen LogP contribution in [0.2, 0.25) is 0 Å². The molecule has 0 fully saturated rings. The molecule has 5 N–H and O–H groups in total. The highest BCUT2D eigenvalue weighted by molar-refractivity contribution is 5.86. The van der Waals surface area contributed by atoms with Crippen LogP contribution in [0.3, 0.4) is 0 Å². The molecule has 0 saturated heterocycles. The van der Waals surface area contributed by atoms with Crippen molar-refractivity contribution in [1.29, 1.82) is 0 Å². The number of carbonyl (C=O) groups is 1. The number of fused-ring (bicyclic) bond motifs is 1. The van der Waals surface area contributed by atoms with Gasteiger partial charge in [0, 0.05) is 6.42 Å². The maximum atomic E-state index is 11.1. The van der Waals surface area contributed by atoms with Crippen LogP contribution in [0.4, 0.5) is 0 Å². The van der Waals surface area contributed by atoms with Crippen LogP contribution in [-0.2, 0) is 11.2 Å². The lowest BCUT2D eigenvalue weighted by Gasteiger charge is -2.23. The van der Waals surface area contributed by atoms with E-state index in [-0.39, 0.29) is 6.42 Å². The Kier molecular flexibility index (Phi) is 1.83. The predicted molar refractivity (Wildman–Crippen MR) is 51.2 cm³/mol. The number of aliphatic hydroxyl groups is 1. The molecule has 1 aromatic carbocycles. The van der Waals surface area contributed by atoms with E-state index < -0.39 is 17.6 Å². The summed E-state index contributed by atoms with van der Waals surface area (Å²) in [4.78, 5) is 11.1. The third-order valence-electron chi connectivity index (χ3n) is 2.79. The third kappa shape index (κ3) is 1.05. The van der Waals surface area contributed by atoms with Gasteiger partial charge in [0.15, 0.2) is 5.60 Å². The fraction of sp³-hybridized carbons (Fsp3) is 0.300. The molecule has 4 nitrogen and oxygen atoms in total. The Morgan fingerprint density at radius 1 is 1.50 bits per heavy atom. The van der Waals surface area contributed by atoms with Crippen molar-refractivity contribution in [2.75, 3.05) is 0 Å². The lowest BCUT2D eigenvalue weighted by Crippen LogP contribution is -2.50. The van der Waals surface area contributed by atoms with Crippen molar-refractivity contribution in [2.45, 2.75) is 18.1 Å². The summed E-state index contributed by atoms with van der Waals surface area (Å²) in [5.74, 6) is -0.763. The van der Waals surface area contributed by atoms with Gasteiger partial charge in [0.1, 0.15) is 0 Å². The first kappa shape index (κ1) is 9.18. The lowest BCUT2D eigenvalue weighted by atomic mass is 9.95. The number of hydrogen-bond acceptors (Lipinski definition) is 3. The van der Waals surface area contributed by atoms with Crippen molar-refractivity contribution >= 4 is 5.91 Å². The maximum Gasteiger partial charge on any atom is 0.251 e. The van der Waals surface area contributed by atoms with Crippen molar-refractivity contribution in [3.63, 3.8) is 0 Å². The SMILES string of the molecule is NC(=O)[C@@]1(O)Cc2ccccc2C1N. The molecule has 0 aromatic heterocycles. The van der Waals surface area contributed by atoms with Crippen molar-refractivity contribution in [3.8, 4) is 0 Å². The van der Waals surface area contributed by atoms with Crippen molar-refractivity contribution in [2.24, 2.45) is 11.5 Å². The zero-order valence-corrected chi connectivity index (χ0v) is 7.60. The molecule has 1 aliphatic carbocycles. The number of primary amides is 1. The first-order valence-electron chi connectivity index (χ1n) is 4.41. The minimum absolute atomic E-state index is 0.208. The molecule has 2 atom stereocenters. The average Bonchev–Trinajstić information content (AvgIpc) is 2.42. The van der Waals surface area contributed by atoms with Gasteiger partial charge in [0.25, 0.3) is 5.91 Å². The van der Waals surface area contributed by atoms with Crippen LogP contribution in [-0.4, -0.2) is 16.6 Å². The molecule has 4 heteroatoms. The van der Waals surface area contributed by atoms with Gasteiger partial charge >= 0.3 is 0 Å². The fourth-order valence-electron chi connectivity index (χ4n) is 1.90. The van der Waals surface area contributed by atoms with E-state index in [1.807, 2.05) is 18.2 Å². The van der Waals surface area contributed by atoms with Crippen LogP contribution in [0.1, 0.15) is 17.2 Å². The summed E-state index contributed by atoms with van der Waals surface area (Å²) in [6.07, 6.45) is 0.208. The first-order valence-corrected chi connectivity index (χ1v) is 4.41. The Hall–Kier alpha value is -1.39. The molecule has 14 heavy (non-hydrogen) atoms. The van der Waals surface area contributed by atoms with Gasteiger partial charge in [-0.25, -0.2) is 0 Å². The fourth-order valence-corrected chi connectivity index (χ4v) is 1.90. The van der Waals surface area contributed by atoms with Crippen molar-refractivity contribution < 1.29 is 9.90 Å². The van der Waals surface area contributed by atoms with Gasteiger partial charge in [-0.05, 0) is 11.1 Å². The minimum atomic E-state index is -1.62. The second kappa shape index (κ2) is 2.80. The van der Waals surface area contributed by atoms with Crippen molar-refractivity contribution in [3.05, 3.63) is 35.4 Å². The molecule has 2 rings (SSSR count). The second-order valence-corrected chi connectivity index (χ2v) is 3.64. The van der Waals surface area contributed by atoms with Crippen molar-refractivity contribution in [1.82, 2.24) is 0 Å². The van der Waals surface area contributed by atoms with E-state index in [0.717, 1.165) is 11.1 Å². The highest BCUT2D eigenvalue weighted by atomic mass is 16.3. The smallest absolute Gasteiger partial charge is 0.251 e. The molecular formula is C10H12N2O2. The molecule has 0 aliphatic heterocycles. The number of hydrogen-bond donors (Lipinski definition) is 3. The van der Waals surface area contributed by atoms with Crippen LogP contribution < -0.4 is 11.5 Å². The van der Waals surface area contributed by atoms with Gasteiger partial charge in [-0.1, -0.05) is 24.3 Å². The normalized spacial score (nSPS) is 30.0. The van der Waals surface area contributed by atoms with Crippen LogP contribution in [0.5, 0.6) is 0 Å². The van der Waals surface area contributed by atoms with E-state index >= 15 is 0 Å². The lowest BCUT2D eigenvalue weighted by molar-refractivity contribution is -0.137. The number of nitrogens with two attached hydrogens (primary N) is 2. The van der Waals surface area contributed by atoms with Crippen LogP contribution in [0.25, 0.3) is 0 Å². The van der Waals surface area contributed by atoms with Gasteiger partial charge < -0.3 is 16.6 Å². The van der Waals surface area contributed by atoms with Crippen LogP contribution >= 0.6 is 0 Å². The molecule has 0 bridgehead atoms. The molecule has 0 heterocycles. The molecule has 0 spiro atoms. The zero-order chi connectivity index (χ0) is 10.3. The first-order chi connectivity index (χ1) is 6.55. The Bertz CT molecular complexity index is 391. The summed E-state index contributed by atoms with van der Waals surface area (Å²) < 4.78 is 0. The second-order valence-electron chi connectivity index (χ2n) is 3.64. The van der Waals surface area contributed by atoms with E-state index in [1.165, 1.54) is 0 Å². The molecular weight excluding hydrogens is 180 g/mol. The summed E-state index contributed by atoms with van der Waals surface area (Å²) in [5, 5.41) is 9.96. The molecule has 74 valence electrons. The Balaban J connectivity index is 2.48. The largest absolute Gasteiger partial charge is 0.378 e. The van der Waals surface area contributed by atoms with Gasteiger partial charge in [-0.2, -0.15) is 0 Å². The number of carbonyl (C=O) groups excluding carboxylic acids is 1. The predicted octanol–water partition coefficient (Wildman–Crippen LogP) is -0.541. The Morgan fingerprint density at radius 2 is 2.14 bits per heavy atom. The summed E-state index contributed by atoms with van der Waals surface area (Å²) in [6, 6.07) is 6.61. The maximum absolute atomic E-state index is 11.1. The molecule has 0 radical (unpaired) electrons.